The van der Waals surface area contributed by atoms with E-state index >= 15 is 0 Å². The minimum Gasteiger partial charge on any atom is -0.351 e. The monoisotopic (exact) mass is 331 g/mol. The van der Waals surface area contributed by atoms with E-state index in [1.807, 2.05) is 31.2 Å². The van der Waals surface area contributed by atoms with Crippen molar-refractivity contribution < 1.29 is 4.79 Å². The molecule has 0 aliphatic heterocycles. The number of benzene rings is 1. The van der Waals surface area contributed by atoms with Gasteiger partial charge in [0.15, 0.2) is 0 Å². The highest BCUT2D eigenvalue weighted by Crippen LogP contribution is 2.20. The zero-order chi connectivity index (χ0) is 14.5. The Kier molecular flexibility index (Phi) is 4.59. The van der Waals surface area contributed by atoms with Crippen molar-refractivity contribution in [1.29, 1.82) is 5.26 Å². The van der Waals surface area contributed by atoms with Gasteiger partial charge >= 0.3 is 0 Å². The summed E-state index contributed by atoms with van der Waals surface area (Å²) in [6.45, 7) is 2.58. The van der Waals surface area contributed by atoms with Gasteiger partial charge in [-0.3, -0.25) is 4.79 Å². The van der Waals surface area contributed by atoms with Crippen LogP contribution in [0, 0.1) is 11.3 Å². The Morgan fingerprint density at radius 3 is 2.90 bits per heavy atom. The number of rotatable bonds is 4. The summed E-state index contributed by atoms with van der Waals surface area (Å²) in [6, 6.07) is 11.3. The normalized spacial score (nSPS) is 10.1. The predicted octanol–water partition coefficient (Wildman–Crippen LogP) is 3.25. The van der Waals surface area contributed by atoms with E-state index in [1.54, 1.807) is 16.8 Å². The van der Waals surface area contributed by atoms with Crippen LogP contribution in [0.15, 0.2) is 41.0 Å². The molecule has 5 heteroatoms. The Bertz CT molecular complexity index is 670. The van der Waals surface area contributed by atoms with Crippen LogP contribution in [0.25, 0.3) is 5.69 Å². The van der Waals surface area contributed by atoms with Gasteiger partial charge in [-0.2, -0.15) is 5.26 Å². The lowest BCUT2D eigenvalue weighted by Gasteiger charge is -2.10. The minimum atomic E-state index is -0.228. The highest BCUT2D eigenvalue weighted by molar-refractivity contribution is 9.10. The van der Waals surface area contributed by atoms with Crippen LogP contribution >= 0.6 is 15.9 Å². The zero-order valence-electron chi connectivity index (χ0n) is 11.1. The van der Waals surface area contributed by atoms with Gasteiger partial charge in [0.25, 0.3) is 5.91 Å². The molecule has 0 spiro atoms. The van der Waals surface area contributed by atoms with Crippen LogP contribution in [0.4, 0.5) is 0 Å². The number of hydrogen-bond donors (Lipinski definition) is 1. The largest absolute Gasteiger partial charge is 0.351 e. The molecule has 1 aromatic heterocycles. The third-order valence-electron chi connectivity index (χ3n) is 2.84. The highest BCUT2D eigenvalue weighted by Gasteiger charge is 2.17. The van der Waals surface area contributed by atoms with Crippen LogP contribution in [-0.2, 0) is 0 Å². The molecule has 2 aromatic rings. The van der Waals surface area contributed by atoms with E-state index in [0.717, 1.165) is 16.6 Å². The van der Waals surface area contributed by atoms with E-state index in [2.05, 4.69) is 27.3 Å². The van der Waals surface area contributed by atoms with Crippen LogP contribution in [0.5, 0.6) is 0 Å². The van der Waals surface area contributed by atoms with Crippen molar-refractivity contribution in [3.8, 4) is 11.8 Å². The number of nitrogens with zero attached hydrogens (tertiary/aromatic N) is 2. The fraction of sp³-hybridized carbons (Fsp3) is 0.200. The molecule has 0 aliphatic carbocycles. The average molecular weight is 332 g/mol. The SMILES string of the molecule is CCCNC(=O)c1c(C#N)ccn1-c1cccc(Br)c1. The molecular weight excluding hydrogens is 318 g/mol. The fourth-order valence-corrected chi connectivity index (χ4v) is 2.30. The fourth-order valence-electron chi connectivity index (χ4n) is 1.92. The first-order valence-electron chi connectivity index (χ1n) is 6.33. The Labute approximate surface area is 126 Å². The van der Waals surface area contributed by atoms with E-state index in [-0.39, 0.29) is 5.91 Å². The lowest BCUT2D eigenvalue weighted by atomic mass is 10.2. The van der Waals surface area contributed by atoms with Crippen molar-refractivity contribution in [2.75, 3.05) is 6.54 Å². The smallest absolute Gasteiger partial charge is 0.269 e. The molecule has 0 saturated heterocycles. The molecule has 1 amide bonds. The van der Waals surface area contributed by atoms with Gasteiger partial charge in [0.1, 0.15) is 11.8 Å². The van der Waals surface area contributed by atoms with Crippen molar-refractivity contribution >= 4 is 21.8 Å². The van der Waals surface area contributed by atoms with Crippen molar-refractivity contribution in [1.82, 2.24) is 9.88 Å². The zero-order valence-corrected chi connectivity index (χ0v) is 12.6. The number of carbonyl (C=O) groups is 1. The first-order chi connectivity index (χ1) is 9.67. The van der Waals surface area contributed by atoms with Crippen molar-refractivity contribution in [3.63, 3.8) is 0 Å². The molecule has 20 heavy (non-hydrogen) atoms. The number of halogens is 1. The maximum Gasteiger partial charge on any atom is 0.269 e. The van der Waals surface area contributed by atoms with Crippen molar-refractivity contribution in [2.24, 2.45) is 0 Å². The van der Waals surface area contributed by atoms with Gasteiger partial charge in [-0.15, -0.1) is 0 Å². The standard InChI is InChI=1S/C15H14BrN3O/c1-2-7-18-15(20)14-11(10-17)6-8-19(14)13-5-3-4-12(16)9-13/h3-6,8-9H,2,7H2,1H3,(H,18,20). The minimum absolute atomic E-state index is 0.228. The maximum absolute atomic E-state index is 12.2. The summed E-state index contributed by atoms with van der Waals surface area (Å²) in [5.74, 6) is -0.228. The Morgan fingerprint density at radius 1 is 1.45 bits per heavy atom. The average Bonchev–Trinajstić information content (AvgIpc) is 2.88. The van der Waals surface area contributed by atoms with Gasteiger partial charge in [-0.1, -0.05) is 28.9 Å². The van der Waals surface area contributed by atoms with E-state index in [9.17, 15) is 4.79 Å². The van der Waals surface area contributed by atoms with Crippen LogP contribution in [-0.4, -0.2) is 17.0 Å². The van der Waals surface area contributed by atoms with Crippen molar-refractivity contribution in [3.05, 3.63) is 52.3 Å². The lowest BCUT2D eigenvalue weighted by Crippen LogP contribution is -2.27. The topological polar surface area (TPSA) is 57.8 Å². The van der Waals surface area contributed by atoms with Crippen LogP contribution < -0.4 is 5.32 Å². The number of nitrogens with one attached hydrogen (secondary N) is 1. The molecule has 0 unspecified atom stereocenters. The Morgan fingerprint density at radius 2 is 2.25 bits per heavy atom. The van der Waals surface area contributed by atoms with E-state index in [0.29, 0.717) is 17.8 Å². The van der Waals surface area contributed by atoms with Crippen molar-refractivity contribution in [2.45, 2.75) is 13.3 Å². The van der Waals surface area contributed by atoms with E-state index < -0.39 is 0 Å². The summed E-state index contributed by atoms with van der Waals surface area (Å²) in [5, 5.41) is 12.0. The molecule has 1 heterocycles. The molecule has 102 valence electrons. The van der Waals surface area contributed by atoms with Crippen LogP contribution in [0.1, 0.15) is 29.4 Å². The number of hydrogen-bond acceptors (Lipinski definition) is 2. The third kappa shape index (κ3) is 2.91. The number of amides is 1. The van der Waals surface area contributed by atoms with Gasteiger partial charge < -0.3 is 9.88 Å². The number of carbonyl (C=O) groups excluding carboxylic acids is 1. The molecule has 0 bridgehead atoms. The first-order valence-corrected chi connectivity index (χ1v) is 7.12. The Balaban J connectivity index is 2.47. The number of aromatic nitrogens is 1. The van der Waals surface area contributed by atoms with Gasteiger partial charge in [0.05, 0.1) is 5.56 Å². The first kappa shape index (κ1) is 14.4. The highest BCUT2D eigenvalue weighted by atomic mass is 79.9. The van der Waals surface area contributed by atoms with Gasteiger partial charge in [-0.25, -0.2) is 0 Å². The molecule has 0 fully saturated rings. The van der Waals surface area contributed by atoms with E-state index in [1.165, 1.54) is 0 Å². The molecule has 1 N–H and O–H groups in total. The van der Waals surface area contributed by atoms with Gasteiger partial charge in [0, 0.05) is 22.9 Å². The molecule has 0 aliphatic rings. The second kappa shape index (κ2) is 6.40. The molecule has 0 saturated carbocycles. The summed E-state index contributed by atoms with van der Waals surface area (Å²) in [4.78, 5) is 12.2. The molecule has 0 radical (unpaired) electrons. The van der Waals surface area contributed by atoms with Gasteiger partial charge in [-0.05, 0) is 30.7 Å². The maximum atomic E-state index is 12.2. The molecular formula is C15H14BrN3O. The predicted molar refractivity (Wildman–Crippen MR) is 80.8 cm³/mol. The molecule has 2 rings (SSSR count). The molecule has 0 atom stereocenters. The summed E-state index contributed by atoms with van der Waals surface area (Å²) >= 11 is 3.41. The van der Waals surface area contributed by atoms with E-state index in [4.69, 9.17) is 5.26 Å². The summed E-state index contributed by atoms with van der Waals surface area (Å²) in [6.07, 6.45) is 2.59. The quantitative estimate of drug-likeness (QED) is 0.934. The lowest BCUT2D eigenvalue weighted by molar-refractivity contribution is 0.0946. The molecule has 4 nitrogen and oxygen atoms in total. The third-order valence-corrected chi connectivity index (χ3v) is 3.34. The van der Waals surface area contributed by atoms with Crippen LogP contribution in [0.3, 0.4) is 0 Å². The van der Waals surface area contributed by atoms with Gasteiger partial charge in [0.2, 0.25) is 0 Å². The summed E-state index contributed by atoms with van der Waals surface area (Å²) in [7, 11) is 0. The summed E-state index contributed by atoms with van der Waals surface area (Å²) < 4.78 is 2.65. The number of nitriles is 1. The molecule has 1 aromatic carbocycles. The second-order valence-electron chi connectivity index (χ2n) is 4.30. The summed E-state index contributed by atoms with van der Waals surface area (Å²) in [5.41, 5.74) is 1.58. The second-order valence-corrected chi connectivity index (χ2v) is 5.21. The van der Waals surface area contributed by atoms with Crippen LogP contribution in [0.2, 0.25) is 0 Å². The Hall–Kier alpha value is -2.06.